The smallest absolute Gasteiger partial charge is 0.228 e. The van der Waals surface area contributed by atoms with E-state index >= 15 is 0 Å². The van der Waals surface area contributed by atoms with E-state index in [0.717, 1.165) is 40.7 Å². The van der Waals surface area contributed by atoms with Gasteiger partial charge in [-0.15, -0.1) is 0 Å². The molecule has 1 aliphatic rings. The minimum absolute atomic E-state index is 0.0853. The van der Waals surface area contributed by atoms with Gasteiger partial charge in [0.25, 0.3) is 0 Å². The molecule has 1 aliphatic carbocycles. The first-order valence-electron chi connectivity index (χ1n) is 7.90. The Balaban J connectivity index is 1.65. The number of nitrogens with one attached hydrogen (secondary N) is 1. The molecule has 6 heteroatoms. The molecule has 0 radical (unpaired) electrons. The summed E-state index contributed by atoms with van der Waals surface area (Å²) in [5.41, 5.74) is 1.11. The monoisotopic (exact) mass is 395 g/mol. The molecule has 3 rings (SSSR count). The van der Waals surface area contributed by atoms with Crippen LogP contribution in [0.15, 0.2) is 34.9 Å². The molecule has 0 bridgehead atoms. The number of halogens is 2. The van der Waals surface area contributed by atoms with Crippen LogP contribution in [-0.2, 0) is 11.3 Å². The zero-order valence-corrected chi connectivity index (χ0v) is 15.1. The molecular weight excluding hydrogens is 378 g/mol. The zero-order valence-electron chi connectivity index (χ0n) is 12.8. The lowest BCUT2D eigenvalue weighted by Gasteiger charge is -2.20. The quantitative estimate of drug-likeness (QED) is 0.801. The summed E-state index contributed by atoms with van der Waals surface area (Å²) in [4.78, 5) is 12.3. The highest BCUT2D eigenvalue weighted by Crippen LogP contribution is 2.27. The number of rotatable bonds is 4. The van der Waals surface area contributed by atoms with Crippen molar-refractivity contribution in [2.45, 2.75) is 38.6 Å². The molecular formula is C17H19BrClN3O. The van der Waals surface area contributed by atoms with Gasteiger partial charge in [0.05, 0.1) is 11.0 Å². The molecule has 0 aliphatic heterocycles. The van der Waals surface area contributed by atoms with Crippen LogP contribution in [0, 0.1) is 5.92 Å². The van der Waals surface area contributed by atoms with Crippen molar-refractivity contribution in [2.24, 2.45) is 5.92 Å². The second kappa shape index (κ2) is 7.49. The summed E-state index contributed by atoms with van der Waals surface area (Å²) in [7, 11) is 0. The Labute approximate surface area is 149 Å². The molecule has 1 aromatic carbocycles. The molecule has 23 heavy (non-hydrogen) atoms. The van der Waals surface area contributed by atoms with Crippen LogP contribution in [0.3, 0.4) is 0 Å². The average molecular weight is 397 g/mol. The summed E-state index contributed by atoms with van der Waals surface area (Å²) < 4.78 is 2.61. The van der Waals surface area contributed by atoms with E-state index in [4.69, 9.17) is 11.6 Å². The Bertz CT molecular complexity index is 678. The highest BCUT2D eigenvalue weighted by atomic mass is 79.9. The van der Waals surface area contributed by atoms with Crippen LogP contribution >= 0.6 is 27.5 Å². The number of benzene rings is 1. The van der Waals surface area contributed by atoms with E-state index in [0.29, 0.717) is 12.4 Å². The Morgan fingerprint density at radius 1 is 1.26 bits per heavy atom. The van der Waals surface area contributed by atoms with Gasteiger partial charge in [0, 0.05) is 17.1 Å². The van der Waals surface area contributed by atoms with E-state index in [1.54, 1.807) is 0 Å². The number of carbonyl (C=O) groups is 1. The van der Waals surface area contributed by atoms with Gasteiger partial charge >= 0.3 is 0 Å². The number of anilines is 1. The van der Waals surface area contributed by atoms with Crippen LogP contribution in [0.5, 0.6) is 0 Å². The third-order valence-corrected chi connectivity index (χ3v) is 5.02. The minimum atomic E-state index is 0.0853. The van der Waals surface area contributed by atoms with Crippen LogP contribution in [-0.4, -0.2) is 15.7 Å². The predicted molar refractivity (Wildman–Crippen MR) is 95.7 cm³/mol. The van der Waals surface area contributed by atoms with Crippen molar-refractivity contribution in [2.75, 3.05) is 5.32 Å². The Morgan fingerprint density at radius 3 is 2.65 bits per heavy atom. The van der Waals surface area contributed by atoms with E-state index in [-0.39, 0.29) is 11.8 Å². The van der Waals surface area contributed by atoms with Gasteiger partial charge in [0.1, 0.15) is 0 Å². The van der Waals surface area contributed by atoms with Crippen molar-refractivity contribution >= 4 is 39.3 Å². The Hall–Kier alpha value is -1.33. The van der Waals surface area contributed by atoms with Crippen molar-refractivity contribution in [1.82, 2.24) is 9.78 Å². The zero-order chi connectivity index (χ0) is 16.2. The standard InChI is InChI=1S/C17H19BrClN3O/c18-15-11-22(10-12-6-8-14(19)9-7-12)21-16(15)20-17(23)13-4-2-1-3-5-13/h6-9,11,13H,1-5,10H2,(H,20,21,23). The van der Waals surface area contributed by atoms with Gasteiger partial charge in [0.15, 0.2) is 5.82 Å². The lowest BCUT2D eigenvalue weighted by molar-refractivity contribution is -0.120. The number of amides is 1. The maximum atomic E-state index is 12.3. The van der Waals surface area contributed by atoms with Gasteiger partial charge in [0.2, 0.25) is 5.91 Å². The van der Waals surface area contributed by atoms with Gasteiger partial charge in [-0.25, -0.2) is 0 Å². The van der Waals surface area contributed by atoms with E-state index in [2.05, 4.69) is 26.3 Å². The summed E-state index contributed by atoms with van der Waals surface area (Å²) in [5.74, 6) is 0.800. The molecule has 0 unspecified atom stereocenters. The van der Waals surface area contributed by atoms with Gasteiger partial charge in [-0.3, -0.25) is 9.48 Å². The number of hydrogen-bond acceptors (Lipinski definition) is 2. The van der Waals surface area contributed by atoms with Crippen molar-refractivity contribution in [3.8, 4) is 0 Å². The molecule has 2 aromatic rings. The van der Waals surface area contributed by atoms with Crippen molar-refractivity contribution in [3.05, 3.63) is 45.5 Å². The van der Waals surface area contributed by atoms with Gasteiger partial charge < -0.3 is 5.32 Å². The molecule has 1 fully saturated rings. The third kappa shape index (κ3) is 4.36. The molecule has 0 atom stereocenters. The summed E-state index contributed by atoms with van der Waals surface area (Å²) in [6, 6.07) is 7.67. The predicted octanol–water partition coefficient (Wildman–Crippen LogP) is 4.87. The topological polar surface area (TPSA) is 46.9 Å². The number of aromatic nitrogens is 2. The third-order valence-electron chi connectivity index (χ3n) is 4.19. The fourth-order valence-electron chi connectivity index (χ4n) is 2.92. The fourth-order valence-corrected chi connectivity index (χ4v) is 3.46. The van der Waals surface area contributed by atoms with Gasteiger partial charge in [-0.05, 0) is 46.5 Å². The SMILES string of the molecule is O=C(Nc1nn(Cc2ccc(Cl)cc2)cc1Br)C1CCCCC1. The molecule has 1 heterocycles. The van der Waals surface area contributed by atoms with E-state index in [1.807, 2.05) is 35.1 Å². The van der Waals surface area contributed by atoms with Crippen LogP contribution in [0.2, 0.25) is 5.02 Å². The first-order valence-corrected chi connectivity index (χ1v) is 9.07. The van der Waals surface area contributed by atoms with Crippen molar-refractivity contribution < 1.29 is 4.79 Å². The fraction of sp³-hybridized carbons (Fsp3) is 0.412. The highest BCUT2D eigenvalue weighted by Gasteiger charge is 2.22. The second-order valence-corrected chi connectivity index (χ2v) is 7.26. The summed E-state index contributed by atoms with van der Waals surface area (Å²) in [6.07, 6.45) is 7.37. The van der Waals surface area contributed by atoms with E-state index < -0.39 is 0 Å². The summed E-state index contributed by atoms with van der Waals surface area (Å²) in [5, 5.41) is 8.14. The van der Waals surface area contributed by atoms with Gasteiger partial charge in [-0.1, -0.05) is 43.0 Å². The molecule has 0 spiro atoms. The van der Waals surface area contributed by atoms with Crippen LogP contribution in [0.1, 0.15) is 37.7 Å². The second-order valence-electron chi connectivity index (χ2n) is 5.97. The lowest BCUT2D eigenvalue weighted by Crippen LogP contribution is -2.25. The van der Waals surface area contributed by atoms with Crippen LogP contribution < -0.4 is 5.32 Å². The van der Waals surface area contributed by atoms with Crippen LogP contribution in [0.25, 0.3) is 0 Å². The molecule has 1 aromatic heterocycles. The summed E-state index contributed by atoms with van der Waals surface area (Å²) >= 11 is 9.37. The average Bonchev–Trinajstić information content (AvgIpc) is 2.90. The number of carbonyl (C=O) groups excluding carboxylic acids is 1. The Kier molecular flexibility index (Phi) is 5.38. The molecule has 1 saturated carbocycles. The van der Waals surface area contributed by atoms with Crippen LogP contribution in [0.4, 0.5) is 5.82 Å². The number of hydrogen-bond donors (Lipinski definition) is 1. The number of nitrogens with zero attached hydrogens (tertiary/aromatic N) is 2. The Morgan fingerprint density at radius 2 is 1.96 bits per heavy atom. The van der Waals surface area contributed by atoms with E-state index in [9.17, 15) is 4.79 Å². The molecule has 4 nitrogen and oxygen atoms in total. The molecule has 122 valence electrons. The molecule has 0 saturated heterocycles. The van der Waals surface area contributed by atoms with E-state index in [1.165, 1.54) is 6.42 Å². The van der Waals surface area contributed by atoms with Crippen molar-refractivity contribution in [3.63, 3.8) is 0 Å². The molecule has 1 N–H and O–H groups in total. The summed E-state index contributed by atoms with van der Waals surface area (Å²) in [6.45, 7) is 0.634. The maximum absolute atomic E-state index is 12.3. The van der Waals surface area contributed by atoms with Crippen molar-refractivity contribution in [1.29, 1.82) is 0 Å². The highest BCUT2D eigenvalue weighted by molar-refractivity contribution is 9.10. The normalized spacial score (nSPS) is 15.6. The first-order chi connectivity index (χ1) is 11.1. The first kappa shape index (κ1) is 16.5. The van der Waals surface area contributed by atoms with Gasteiger partial charge in [-0.2, -0.15) is 5.10 Å². The maximum Gasteiger partial charge on any atom is 0.228 e. The lowest BCUT2D eigenvalue weighted by atomic mass is 9.89. The largest absolute Gasteiger partial charge is 0.308 e. The molecule has 1 amide bonds. The minimum Gasteiger partial charge on any atom is -0.308 e.